The van der Waals surface area contributed by atoms with Crippen molar-refractivity contribution in [1.29, 1.82) is 5.26 Å². The van der Waals surface area contributed by atoms with E-state index in [0.29, 0.717) is 16.3 Å². The topological polar surface area (TPSA) is 87.5 Å². The van der Waals surface area contributed by atoms with Crippen LogP contribution in [0, 0.1) is 11.3 Å². The first-order chi connectivity index (χ1) is 14.9. The number of nitrogens with zero attached hydrogens (tertiary/aromatic N) is 2. The van der Waals surface area contributed by atoms with E-state index in [4.69, 9.17) is 27.9 Å². The molecule has 166 valence electrons. The van der Waals surface area contributed by atoms with E-state index >= 15 is 0 Å². The van der Waals surface area contributed by atoms with Gasteiger partial charge in [0.1, 0.15) is 12.1 Å². The quantitative estimate of drug-likeness (QED) is 0.437. The molecule has 9 heteroatoms. The van der Waals surface area contributed by atoms with Crippen LogP contribution in [-0.4, -0.2) is 26.5 Å². The summed E-state index contributed by atoms with van der Waals surface area (Å²) >= 11 is 12.1. The summed E-state index contributed by atoms with van der Waals surface area (Å²) in [4.78, 5) is 12.5. The standard InChI is InChI=1S/C23H20Cl2N2O4S/c1-23(2,3)31-22(28)14-27(32(29,30)18-11-16(24)10-17(25)12-18)21-9-5-7-19-15(13-26)6-4-8-20(19)21/h4-12H,14H2,1-3H3. The molecule has 0 bridgehead atoms. The van der Waals surface area contributed by atoms with Gasteiger partial charge < -0.3 is 4.74 Å². The first kappa shape index (κ1) is 23.9. The number of carbonyl (C=O) groups is 1. The highest BCUT2D eigenvalue weighted by molar-refractivity contribution is 7.92. The molecule has 0 aliphatic rings. The number of benzene rings is 3. The lowest BCUT2D eigenvalue weighted by molar-refractivity contribution is -0.152. The van der Waals surface area contributed by atoms with Crippen molar-refractivity contribution >= 4 is 55.7 Å². The summed E-state index contributed by atoms with van der Waals surface area (Å²) in [6.07, 6.45) is 0. The van der Waals surface area contributed by atoms with Crippen LogP contribution in [0.15, 0.2) is 59.5 Å². The molecule has 0 N–H and O–H groups in total. The second-order valence-electron chi connectivity index (χ2n) is 7.99. The summed E-state index contributed by atoms with van der Waals surface area (Å²) in [6.45, 7) is 4.49. The summed E-state index contributed by atoms with van der Waals surface area (Å²) in [6, 6.07) is 15.9. The smallest absolute Gasteiger partial charge is 0.327 e. The Hall–Kier alpha value is -2.79. The number of carbonyl (C=O) groups excluding carboxylic acids is 1. The molecular formula is C23H20Cl2N2O4S. The molecule has 0 spiro atoms. The molecule has 0 fully saturated rings. The number of hydrogen-bond donors (Lipinski definition) is 0. The molecule has 3 aromatic rings. The normalized spacial score (nSPS) is 11.8. The van der Waals surface area contributed by atoms with E-state index in [2.05, 4.69) is 6.07 Å². The van der Waals surface area contributed by atoms with Crippen LogP contribution < -0.4 is 4.31 Å². The Morgan fingerprint density at radius 2 is 1.62 bits per heavy atom. The van der Waals surface area contributed by atoms with Gasteiger partial charge in [0.05, 0.1) is 22.2 Å². The molecule has 0 heterocycles. The van der Waals surface area contributed by atoms with Crippen LogP contribution in [0.3, 0.4) is 0 Å². The van der Waals surface area contributed by atoms with Gasteiger partial charge in [0, 0.05) is 20.8 Å². The van der Waals surface area contributed by atoms with E-state index in [-0.39, 0.29) is 20.6 Å². The minimum Gasteiger partial charge on any atom is -0.459 e. The third kappa shape index (κ3) is 5.16. The SMILES string of the molecule is CC(C)(C)OC(=O)CN(c1cccc2c(C#N)cccc12)S(=O)(=O)c1cc(Cl)cc(Cl)c1. The highest BCUT2D eigenvalue weighted by Crippen LogP contribution is 2.34. The number of halogens is 2. The fraction of sp³-hybridized carbons (Fsp3) is 0.217. The monoisotopic (exact) mass is 490 g/mol. The largest absolute Gasteiger partial charge is 0.459 e. The van der Waals surface area contributed by atoms with Crippen LogP contribution in [0.1, 0.15) is 26.3 Å². The van der Waals surface area contributed by atoms with Crippen molar-refractivity contribution in [2.75, 3.05) is 10.8 Å². The van der Waals surface area contributed by atoms with E-state index < -0.39 is 28.1 Å². The maximum absolute atomic E-state index is 13.7. The number of anilines is 1. The Labute approximate surface area is 197 Å². The van der Waals surface area contributed by atoms with Gasteiger partial charge in [-0.05, 0) is 51.1 Å². The number of ether oxygens (including phenoxy) is 1. The molecule has 0 aromatic heterocycles. The number of rotatable bonds is 5. The lowest BCUT2D eigenvalue weighted by Crippen LogP contribution is -2.39. The van der Waals surface area contributed by atoms with Crippen LogP contribution in [0.5, 0.6) is 0 Å². The van der Waals surface area contributed by atoms with Gasteiger partial charge in [0.2, 0.25) is 0 Å². The van der Waals surface area contributed by atoms with Gasteiger partial charge >= 0.3 is 5.97 Å². The van der Waals surface area contributed by atoms with E-state index in [0.717, 1.165) is 4.31 Å². The van der Waals surface area contributed by atoms with E-state index in [9.17, 15) is 18.5 Å². The summed E-state index contributed by atoms with van der Waals surface area (Å²) in [7, 11) is -4.28. The lowest BCUT2D eigenvalue weighted by atomic mass is 10.0. The average Bonchev–Trinajstić information content (AvgIpc) is 2.69. The van der Waals surface area contributed by atoms with Crippen LogP contribution >= 0.6 is 23.2 Å². The zero-order chi connectivity index (χ0) is 23.7. The van der Waals surface area contributed by atoms with Crippen molar-refractivity contribution in [3.05, 3.63) is 70.2 Å². The maximum Gasteiger partial charge on any atom is 0.327 e. The second-order valence-corrected chi connectivity index (χ2v) is 10.7. The molecule has 3 rings (SSSR count). The van der Waals surface area contributed by atoms with Crippen molar-refractivity contribution in [1.82, 2.24) is 0 Å². The van der Waals surface area contributed by atoms with Gasteiger partial charge in [-0.2, -0.15) is 5.26 Å². The minimum absolute atomic E-state index is 0.137. The molecule has 6 nitrogen and oxygen atoms in total. The molecule has 3 aromatic carbocycles. The highest BCUT2D eigenvalue weighted by atomic mass is 35.5. The second kappa shape index (κ2) is 8.99. The van der Waals surface area contributed by atoms with Crippen molar-refractivity contribution in [2.24, 2.45) is 0 Å². The number of sulfonamides is 1. The van der Waals surface area contributed by atoms with Crippen molar-refractivity contribution in [3.63, 3.8) is 0 Å². The fourth-order valence-corrected chi connectivity index (χ4v) is 5.36. The molecule has 0 aliphatic heterocycles. The average molecular weight is 491 g/mol. The Morgan fingerprint density at radius 1 is 1.03 bits per heavy atom. The Bertz CT molecular complexity index is 1320. The number of hydrogen-bond acceptors (Lipinski definition) is 5. The van der Waals surface area contributed by atoms with Crippen molar-refractivity contribution < 1.29 is 17.9 Å². The minimum atomic E-state index is -4.28. The van der Waals surface area contributed by atoms with Gasteiger partial charge in [0.15, 0.2) is 0 Å². The Kier molecular flexibility index (Phi) is 6.70. The summed E-state index contributed by atoms with van der Waals surface area (Å²) in [5, 5.41) is 10.8. The van der Waals surface area contributed by atoms with E-state index in [1.807, 2.05) is 0 Å². The molecule has 0 saturated carbocycles. The van der Waals surface area contributed by atoms with Crippen LogP contribution in [0.25, 0.3) is 10.8 Å². The summed E-state index contributed by atoms with van der Waals surface area (Å²) in [5.41, 5.74) is -0.204. The molecular weight excluding hydrogens is 471 g/mol. The number of nitriles is 1. The Balaban J connectivity index is 2.24. The molecule has 0 saturated heterocycles. The van der Waals surface area contributed by atoms with Gasteiger partial charge in [0.25, 0.3) is 10.0 Å². The first-order valence-corrected chi connectivity index (χ1v) is 11.7. The molecule has 0 radical (unpaired) electrons. The van der Waals surface area contributed by atoms with Crippen molar-refractivity contribution in [2.45, 2.75) is 31.3 Å². The predicted octanol–water partition coefficient (Wildman–Crippen LogP) is 5.56. The molecule has 0 aliphatic carbocycles. The van der Waals surface area contributed by atoms with E-state index in [1.165, 1.54) is 18.2 Å². The third-order valence-electron chi connectivity index (χ3n) is 4.41. The fourth-order valence-electron chi connectivity index (χ4n) is 3.20. The summed E-state index contributed by atoms with van der Waals surface area (Å²) < 4.78 is 33.7. The van der Waals surface area contributed by atoms with Crippen LogP contribution in [0.4, 0.5) is 5.69 Å². The Morgan fingerprint density at radius 3 is 2.22 bits per heavy atom. The van der Waals surface area contributed by atoms with Crippen LogP contribution in [0.2, 0.25) is 10.0 Å². The zero-order valence-electron chi connectivity index (χ0n) is 17.6. The van der Waals surface area contributed by atoms with Crippen LogP contribution in [-0.2, 0) is 19.6 Å². The lowest BCUT2D eigenvalue weighted by Gasteiger charge is -2.27. The molecule has 0 unspecified atom stereocenters. The molecule has 32 heavy (non-hydrogen) atoms. The molecule has 0 atom stereocenters. The predicted molar refractivity (Wildman–Crippen MR) is 126 cm³/mol. The third-order valence-corrected chi connectivity index (χ3v) is 6.58. The van der Waals surface area contributed by atoms with Gasteiger partial charge in [-0.3, -0.25) is 9.10 Å². The highest BCUT2D eigenvalue weighted by Gasteiger charge is 2.31. The van der Waals surface area contributed by atoms with Crippen molar-refractivity contribution in [3.8, 4) is 6.07 Å². The maximum atomic E-state index is 13.7. The molecule has 0 amide bonds. The number of fused-ring (bicyclic) bond motifs is 1. The number of esters is 1. The van der Waals surface area contributed by atoms with Gasteiger partial charge in [-0.15, -0.1) is 0 Å². The summed E-state index contributed by atoms with van der Waals surface area (Å²) in [5.74, 6) is -0.734. The van der Waals surface area contributed by atoms with Gasteiger partial charge in [-0.1, -0.05) is 47.5 Å². The zero-order valence-corrected chi connectivity index (χ0v) is 19.9. The first-order valence-electron chi connectivity index (χ1n) is 9.55. The van der Waals surface area contributed by atoms with Gasteiger partial charge in [-0.25, -0.2) is 8.42 Å². The van der Waals surface area contributed by atoms with E-state index in [1.54, 1.807) is 57.2 Å².